The highest BCUT2D eigenvalue weighted by atomic mass is 16.5. The van der Waals surface area contributed by atoms with Gasteiger partial charge in [0.15, 0.2) is 11.5 Å². The highest BCUT2D eigenvalue weighted by Gasteiger charge is 2.23. The Morgan fingerprint density at radius 3 is 2.79 bits per heavy atom. The number of nitrogens with one attached hydrogen (secondary N) is 2. The second-order valence-corrected chi connectivity index (χ2v) is 7.55. The summed E-state index contributed by atoms with van der Waals surface area (Å²) in [5.74, 6) is -0.184. The van der Waals surface area contributed by atoms with Crippen LogP contribution in [0.2, 0.25) is 0 Å². The number of rotatable bonds is 8. The highest BCUT2D eigenvalue weighted by Crippen LogP contribution is 2.23. The van der Waals surface area contributed by atoms with E-state index in [9.17, 15) is 9.59 Å². The molecule has 154 valence electrons. The van der Waals surface area contributed by atoms with E-state index in [0.717, 1.165) is 0 Å². The van der Waals surface area contributed by atoms with E-state index in [1.807, 2.05) is 20.8 Å². The monoisotopic (exact) mass is 400 g/mol. The third-order valence-corrected chi connectivity index (χ3v) is 4.13. The van der Waals surface area contributed by atoms with Crippen LogP contribution in [0.4, 0.5) is 5.95 Å². The van der Waals surface area contributed by atoms with Crippen molar-refractivity contribution in [3.63, 3.8) is 0 Å². The van der Waals surface area contributed by atoms with Crippen molar-refractivity contribution < 1.29 is 19.4 Å². The van der Waals surface area contributed by atoms with E-state index in [1.54, 1.807) is 18.2 Å². The molecule has 29 heavy (non-hydrogen) atoms. The van der Waals surface area contributed by atoms with Crippen LogP contribution in [0.15, 0.2) is 24.4 Å². The average molecular weight is 400 g/mol. The molecule has 0 saturated heterocycles. The number of carbonyl (C=O) groups is 2. The van der Waals surface area contributed by atoms with Crippen molar-refractivity contribution in [2.45, 2.75) is 27.3 Å². The molecule has 3 N–H and O–H groups in total. The molecule has 0 aliphatic rings. The topological polar surface area (TPSA) is 135 Å². The summed E-state index contributed by atoms with van der Waals surface area (Å²) in [5, 5.41) is 19.0. The number of aliphatic hydroxyl groups excluding tert-OH is 1. The van der Waals surface area contributed by atoms with Gasteiger partial charge in [0.1, 0.15) is 0 Å². The van der Waals surface area contributed by atoms with Gasteiger partial charge in [0.25, 0.3) is 5.91 Å². The molecule has 0 bridgehead atoms. The minimum Gasteiger partial charge on any atom is -0.394 e. The van der Waals surface area contributed by atoms with Gasteiger partial charge in [0, 0.05) is 11.0 Å². The molecule has 0 aliphatic carbocycles. The Bertz CT molecular complexity index is 1020. The van der Waals surface area contributed by atoms with E-state index in [4.69, 9.17) is 9.84 Å². The number of aliphatic hydroxyl groups is 1. The number of imidazole rings is 1. The van der Waals surface area contributed by atoms with Crippen LogP contribution in [0, 0.1) is 5.41 Å². The normalized spacial score (nSPS) is 11.7. The summed E-state index contributed by atoms with van der Waals surface area (Å²) in [4.78, 5) is 32.2. The fraction of sp³-hybridized carbons (Fsp3) is 0.421. The number of ketones is 1. The van der Waals surface area contributed by atoms with Gasteiger partial charge >= 0.3 is 0 Å². The Morgan fingerprint density at radius 2 is 2.07 bits per heavy atom. The lowest BCUT2D eigenvalue weighted by atomic mass is 9.86. The molecule has 0 saturated carbocycles. The zero-order chi connectivity index (χ0) is 21.0. The van der Waals surface area contributed by atoms with E-state index in [2.05, 4.69) is 25.6 Å². The summed E-state index contributed by atoms with van der Waals surface area (Å²) in [6, 6.07) is 5.21. The Morgan fingerprint density at radius 1 is 1.28 bits per heavy atom. The van der Waals surface area contributed by atoms with Crippen molar-refractivity contribution in [2.75, 3.05) is 25.1 Å². The fourth-order valence-electron chi connectivity index (χ4n) is 2.65. The first-order chi connectivity index (χ1) is 13.8. The maximum absolute atomic E-state index is 12.4. The maximum Gasteiger partial charge on any atom is 0.280 e. The van der Waals surface area contributed by atoms with Gasteiger partial charge < -0.3 is 14.8 Å². The molecule has 0 spiro atoms. The number of Topliss-reactive ketones (excluding diaryl/α,β-unsaturated/α-hetero) is 1. The van der Waals surface area contributed by atoms with Crippen LogP contribution >= 0.6 is 0 Å². The van der Waals surface area contributed by atoms with Gasteiger partial charge in [-0.1, -0.05) is 26.0 Å². The van der Waals surface area contributed by atoms with Crippen LogP contribution < -0.4 is 5.32 Å². The molecule has 3 rings (SSSR count). The molecule has 0 aliphatic heterocycles. The number of anilines is 1. The summed E-state index contributed by atoms with van der Waals surface area (Å²) < 4.78 is 6.64. The lowest BCUT2D eigenvalue weighted by Crippen LogP contribution is -2.19. The minimum atomic E-state index is -0.490. The van der Waals surface area contributed by atoms with E-state index < -0.39 is 11.3 Å². The summed E-state index contributed by atoms with van der Waals surface area (Å²) in [7, 11) is 0. The van der Waals surface area contributed by atoms with Gasteiger partial charge in [0.05, 0.1) is 43.6 Å². The minimum absolute atomic E-state index is 0.0209. The Labute approximate surface area is 167 Å². The van der Waals surface area contributed by atoms with Crippen LogP contribution in [-0.2, 0) is 11.3 Å². The molecule has 0 fully saturated rings. The van der Waals surface area contributed by atoms with Crippen molar-refractivity contribution in [3.8, 4) is 0 Å². The van der Waals surface area contributed by atoms with Gasteiger partial charge in [-0.2, -0.15) is 0 Å². The number of H-pyrrole nitrogens is 1. The van der Waals surface area contributed by atoms with E-state index in [0.29, 0.717) is 29.7 Å². The summed E-state index contributed by atoms with van der Waals surface area (Å²) in [5.41, 5.74) is 1.50. The van der Waals surface area contributed by atoms with Gasteiger partial charge in [-0.25, -0.2) is 9.67 Å². The third-order valence-electron chi connectivity index (χ3n) is 4.13. The van der Waals surface area contributed by atoms with Gasteiger partial charge in [0.2, 0.25) is 5.95 Å². The van der Waals surface area contributed by atoms with Gasteiger partial charge in [-0.05, 0) is 18.2 Å². The lowest BCUT2D eigenvalue weighted by Gasteiger charge is -2.16. The van der Waals surface area contributed by atoms with E-state index >= 15 is 0 Å². The SMILES string of the molecule is CC(C)(C)C(=O)c1ccc2[nH]c(NC(=O)c3cn(CCOCCO)nn3)nc2c1. The molecule has 1 amide bonds. The van der Waals surface area contributed by atoms with Gasteiger partial charge in [-0.15, -0.1) is 5.10 Å². The number of hydrogen-bond donors (Lipinski definition) is 3. The molecule has 10 heteroatoms. The van der Waals surface area contributed by atoms with Crippen LogP contribution in [0.25, 0.3) is 11.0 Å². The van der Waals surface area contributed by atoms with E-state index in [1.165, 1.54) is 10.9 Å². The Kier molecular flexibility index (Phi) is 6.04. The second kappa shape index (κ2) is 8.50. The average Bonchev–Trinajstić information content (AvgIpc) is 3.29. The Hall–Kier alpha value is -3.11. The number of amides is 1. The molecule has 2 heterocycles. The first kappa shape index (κ1) is 20.6. The number of fused-ring (bicyclic) bond motifs is 1. The van der Waals surface area contributed by atoms with Crippen LogP contribution in [0.5, 0.6) is 0 Å². The largest absolute Gasteiger partial charge is 0.394 e. The lowest BCUT2D eigenvalue weighted by molar-refractivity contribution is 0.0851. The second-order valence-electron chi connectivity index (χ2n) is 7.55. The fourth-order valence-corrected chi connectivity index (χ4v) is 2.65. The third kappa shape index (κ3) is 5.04. The number of ether oxygens (including phenoxy) is 1. The molecule has 0 unspecified atom stereocenters. The molecule has 0 atom stereocenters. The number of hydrogen-bond acceptors (Lipinski definition) is 7. The van der Waals surface area contributed by atoms with Crippen LogP contribution in [0.1, 0.15) is 41.6 Å². The quantitative estimate of drug-likeness (QED) is 0.386. The van der Waals surface area contributed by atoms with Crippen molar-refractivity contribution in [3.05, 3.63) is 35.7 Å². The number of benzene rings is 1. The molecule has 3 aromatic rings. The first-order valence-corrected chi connectivity index (χ1v) is 9.22. The number of aromatic amines is 1. The molecule has 1 aromatic carbocycles. The summed E-state index contributed by atoms with van der Waals surface area (Å²) in [6.07, 6.45) is 1.50. The number of aromatic nitrogens is 5. The van der Waals surface area contributed by atoms with E-state index in [-0.39, 0.29) is 30.6 Å². The standard InChI is InChI=1S/C19H24N6O4/c1-19(2,3)16(27)12-4-5-13-14(10-12)21-18(20-13)22-17(28)15-11-25(24-23-15)6-8-29-9-7-26/h4-5,10-11,26H,6-9H2,1-3H3,(H2,20,21,22,28). The maximum atomic E-state index is 12.4. The molecular weight excluding hydrogens is 376 g/mol. The van der Waals surface area contributed by atoms with Crippen molar-refractivity contribution >= 4 is 28.7 Å². The molecule has 10 nitrogen and oxygen atoms in total. The van der Waals surface area contributed by atoms with Crippen LogP contribution in [-0.4, -0.2) is 61.6 Å². The summed E-state index contributed by atoms with van der Waals surface area (Å²) >= 11 is 0. The Balaban J connectivity index is 1.68. The van der Waals surface area contributed by atoms with Crippen molar-refractivity contribution in [2.24, 2.45) is 5.41 Å². The molecular formula is C19H24N6O4. The predicted molar refractivity (Wildman–Crippen MR) is 106 cm³/mol. The molecule has 0 radical (unpaired) electrons. The van der Waals surface area contributed by atoms with Crippen molar-refractivity contribution in [1.29, 1.82) is 0 Å². The van der Waals surface area contributed by atoms with Gasteiger partial charge in [-0.3, -0.25) is 14.9 Å². The van der Waals surface area contributed by atoms with Crippen molar-refractivity contribution in [1.82, 2.24) is 25.0 Å². The highest BCUT2D eigenvalue weighted by molar-refractivity contribution is 6.04. The predicted octanol–water partition coefficient (Wildman–Crippen LogP) is 1.64. The molecule has 2 aromatic heterocycles. The first-order valence-electron chi connectivity index (χ1n) is 9.22. The zero-order valence-electron chi connectivity index (χ0n) is 16.6. The summed E-state index contributed by atoms with van der Waals surface area (Å²) in [6.45, 7) is 6.55. The smallest absolute Gasteiger partial charge is 0.280 e. The van der Waals surface area contributed by atoms with Crippen LogP contribution in [0.3, 0.4) is 0 Å². The zero-order valence-corrected chi connectivity index (χ0v) is 16.6. The number of nitrogens with zero attached hydrogens (tertiary/aromatic N) is 4. The number of carbonyl (C=O) groups excluding carboxylic acids is 2.